The molecule has 0 aliphatic heterocycles. The van der Waals surface area contributed by atoms with Crippen LogP contribution in [-0.4, -0.2) is 5.78 Å². The monoisotopic (exact) mass is 284 g/mol. The van der Waals surface area contributed by atoms with Gasteiger partial charge in [0.2, 0.25) is 5.78 Å². The van der Waals surface area contributed by atoms with Gasteiger partial charge >= 0.3 is 0 Å². The van der Waals surface area contributed by atoms with E-state index in [9.17, 15) is 4.79 Å². The van der Waals surface area contributed by atoms with Gasteiger partial charge in [0.1, 0.15) is 5.58 Å². The molecule has 3 heteroatoms. The Balaban J connectivity index is 2.10. The van der Waals surface area contributed by atoms with Crippen molar-refractivity contribution in [3.05, 3.63) is 69.9 Å². The molecular weight excluding hydrogens is 272 g/mol. The van der Waals surface area contributed by atoms with Gasteiger partial charge in [-0.25, -0.2) is 0 Å². The minimum Gasteiger partial charge on any atom is -0.453 e. The molecule has 0 unspecified atom stereocenters. The van der Waals surface area contributed by atoms with Gasteiger partial charge in [-0.3, -0.25) is 4.79 Å². The van der Waals surface area contributed by atoms with Crippen LogP contribution in [-0.2, 0) is 0 Å². The summed E-state index contributed by atoms with van der Waals surface area (Å²) in [6.45, 7) is 3.89. The minimum atomic E-state index is -0.140. The van der Waals surface area contributed by atoms with Gasteiger partial charge in [0.25, 0.3) is 0 Å². The molecule has 1 aromatic heterocycles. The first kappa shape index (κ1) is 12.9. The summed E-state index contributed by atoms with van der Waals surface area (Å²) in [5.74, 6) is 0.204. The molecule has 0 aliphatic carbocycles. The standard InChI is InChI=1S/C17H13ClO2/c1-10-3-6-15-12(7-10)8-16(20-15)17(19)14-9-13(18)5-4-11(14)2/h3-9H,1-2H3. The number of benzene rings is 2. The van der Waals surface area contributed by atoms with Gasteiger partial charge in [-0.15, -0.1) is 0 Å². The summed E-state index contributed by atoms with van der Waals surface area (Å²) >= 11 is 5.97. The second kappa shape index (κ2) is 4.80. The summed E-state index contributed by atoms with van der Waals surface area (Å²) < 4.78 is 5.64. The number of carbonyl (C=O) groups excluding carboxylic acids is 1. The summed E-state index contributed by atoms with van der Waals surface area (Å²) in [6, 6.07) is 12.9. The molecule has 0 amide bonds. The van der Waals surface area contributed by atoms with Crippen molar-refractivity contribution in [2.75, 3.05) is 0 Å². The Morgan fingerprint density at radius 1 is 1.05 bits per heavy atom. The molecule has 100 valence electrons. The first-order valence-corrected chi connectivity index (χ1v) is 6.73. The van der Waals surface area contributed by atoms with E-state index in [-0.39, 0.29) is 5.78 Å². The number of halogens is 1. The van der Waals surface area contributed by atoms with E-state index in [1.165, 1.54) is 0 Å². The first-order chi connectivity index (χ1) is 9.54. The van der Waals surface area contributed by atoms with Crippen molar-refractivity contribution >= 4 is 28.4 Å². The smallest absolute Gasteiger partial charge is 0.228 e. The van der Waals surface area contributed by atoms with E-state index in [4.69, 9.17) is 16.0 Å². The van der Waals surface area contributed by atoms with Crippen LogP contribution in [0.4, 0.5) is 0 Å². The van der Waals surface area contributed by atoms with E-state index in [0.29, 0.717) is 16.3 Å². The van der Waals surface area contributed by atoms with E-state index >= 15 is 0 Å². The highest BCUT2D eigenvalue weighted by Crippen LogP contribution is 2.24. The van der Waals surface area contributed by atoms with Crippen molar-refractivity contribution in [3.8, 4) is 0 Å². The fraction of sp³-hybridized carbons (Fsp3) is 0.118. The molecule has 0 spiro atoms. The largest absolute Gasteiger partial charge is 0.453 e. The Morgan fingerprint density at radius 2 is 1.85 bits per heavy atom. The molecule has 0 fully saturated rings. The molecule has 0 saturated carbocycles. The molecule has 0 aliphatic rings. The Bertz CT molecular complexity index is 815. The van der Waals surface area contributed by atoms with Gasteiger partial charge < -0.3 is 4.42 Å². The van der Waals surface area contributed by atoms with Gasteiger partial charge in [0.05, 0.1) is 0 Å². The Labute approximate surface area is 122 Å². The topological polar surface area (TPSA) is 30.2 Å². The summed E-state index contributed by atoms with van der Waals surface area (Å²) in [5.41, 5.74) is 3.32. The van der Waals surface area contributed by atoms with E-state index in [0.717, 1.165) is 22.1 Å². The van der Waals surface area contributed by atoms with E-state index in [1.54, 1.807) is 18.2 Å². The number of rotatable bonds is 2. The maximum atomic E-state index is 12.5. The van der Waals surface area contributed by atoms with E-state index < -0.39 is 0 Å². The predicted octanol–water partition coefficient (Wildman–Crippen LogP) is 4.93. The number of hydrogen-bond donors (Lipinski definition) is 0. The van der Waals surface area contributed by atoms with Crippen molar-refractivity contribution in [1.82, 2.24) is 0 Å². The van der Waals surface area contributed by atoms with Crippen molar-refractivity contribution in [1.29, 1.82) is 0 Å². The zero-order chi connectivity index (χ0) is 14.3. The molecule has 20 heavy (non-hydrogen) atoms. The minimum absolute atomic E-state index is 0.140. The van der Waals surface area contributed by atoms with E-state index in [2.05, 4.69) is 0 Å². The summed E-state index contributed by atoms with van der Waals surface area (Å²) in [6.07, 6.45) is 0. The van der Waals surface area contributed by atoms with Crippen LogP contribution < -0.4 is 0 Å². The normalized spacial score (nSPS) is 10.9. The van der Waals surface area contributed by atoms with Crippen LogP contribution in [0.25, 0.3) is 11.0 Å². The number of furan rings is 1. The molecule has 0 N–H and O–H groups in total. The average Bonchev–Trinajstić information content (AvgIpc) is 2.83. The highest BCUT2D eigenvalue weighted by Gasteiger charge is 2.17. The third kappa shape index (κ3) is 2.23. The van der Waals surface area contributed by atoms with Crippen molar-refractivity contribution in [3.63, 3.8) is 0 Å². The Hall–Kier alpha value is -2.06. The van der Waals surface area contributed by atoms with Gasteiger partial charge in [-0.1, -0.05) is 29.3 Å². The van der Waals surface area contributed by atoms with Crippen LogP contribution in [0, 0.1) is 13.8 Å². The lowest BCUT2D eigenvalue weighted by molar-refractivity contribution is 0.101. The Kier molecular flexibility index (Phi) is 3.11. The lowest BCUT2D eigenvalue weighted by Gasteiger charge is -2.03. The van der Waals surface area contributed by atoms with Crippen LogP contribution >= 0.6 is 11.6 Å². The summed E-state index contributed by atoms with van der Waals surface area (Å²) in [5, 5.41) is 1.49. The fourth-order valence-corrected chi connectivity index (χ4v) is 2.42. The molecule has 2 aromatic carbocycles. The average molecular weight is 285 g/mol. The number of hydrogen-bond acceptors (Lipinski definition) is 2. The molecular formula is C17H13ClO2. The summed E-state index contributed by atoms with van der Waals surface area (Å²) in [4.78, 5) is 12.5. The maximum Gasteiger partial charge on any atom is 0.228 e. The van der Waals surface area contributed by atoms with Crippen LogP contribution in [0.5, 0.6) is 0 Å². The third-order valence-electron chi connectivity index (χ3n) is 3.34. The quantitative estimate of drug-likeness (QED) is 0.624. The zero-order valence-corrected chi connectivity index (χ0v) is 12.0. The number of ketones is 1. The van der Waals surface area contributed by atoms with Crippen LogP contribution in [0.2, 0.25) is 5.02 Å². The second-order valence-electron chi connectivity index (χ2n) is 4.94. The van der Waals surface area contributed by atoms with Gasteiger partial charge in [-0.05, 0) is 49.7 Å². The van der Waals surface area contributed by atoms with Crippen molar-refractivity contribution < 1.29 is 9.21 Å². The number of carbonyl (C=O) groups is 1. The summed E-state index contributed by atoms with van der Waals surface area (Å²) in [7, 11) is 0. The molecule has 1 heterocycles. The molecule has 0 radical (unpaired) electrons. The molecule has 0 atom stereocenters. The van der Waals surface area contributed by atoms with Crippen LogP contribution in [0.1, 0.15) is 27.2 Å². The third-order valence-corrected chi connectivity index (χ3v) is 3.57. The van der Waals surface area contributed by atoms with Gasteiger partial charge in [0, 0.05) is 16.0 Å². The van der Waals surface area contributed by atoms with Crippen molar-refractivity contribution in [2.45, 2.75) is 13.8 Å². The van der Waals surface area contributed by atoms with Crippen molar-refractivity contribution in [2.24, 2.45) is 0 Å². The molecule has 0 bridgehead atoms. The highest BCUT2D eigenvalue weighted by molar-refractivity contribution is 6.31. The maximum absolute atomic E-state index is 12.5. The molecule has 3 rings (SSSR count). The molecule has 0 saturated heterocycles. The SMILES string of the molecule is Cc1ccc2oc(C(=O)c3cc(Cl)ccc3C)cc2c1. The van der Waals surface area contributed by atoms with Gasteiger partial charge in [-0.2, -0.15) is 0 Å². The fourth-order valence-electron chi connectivity index (χ4n) is 2.25. The Morgan fingerprint density at radius 3 is 2.65 bits per heavy atom. The molecule has 3 aromatic rings. The number of aryl methyl sites for hydroxylation is 2. The van der Waals surface area contributed by atoms with E-state index in [1.807, 2.05) is 38.1 Å². The highest BCUT2D eigenvalue weighted by atomic mass is 35.5. The lowest BCUT2D eigenvalue weighted by Crippen LogP contribution is -2.02. The molecule has 2 nitrogen and oxygen atoms in total. The second-order valence-corrected chi connectivity index (χ2v) is 5.38. The van der Waals surface area contributed by atoms with Crippen LogP contribution in [0.3, 0.4) is 0 Å². The lowest BCUT2D eigenvalue weighted by atomic mass is 10.0. The zero-order valence-electron chi connectivity index (χ0n) is 11.2. The predicted molar refractivity (Wildman–Crippen MR) is 80.6 cm³/mol. The van der Waals surface area contributed by atoms with Gasteiger partial charge in [0.15, 0.2) is 5.76 Å². The first-order valence-electron chi connectivity index (χ1n) is 6.35. The van der Waals surface area contributed by atoms with Crippen LogP contribution in [0.15, 0.2) is 46.9 Å². The number of fused-ring (bicyclic) bond motifs is 1.